The number of para-hydroxylation sites is 1. The summed E-state index contributed by atoms with van der Waals surface area (Å²) in [5, 5.41) is 4.97. The number of rotatable bonds is 5. The molecule has 0 bridgehead atoms. The SMILES string of the molecule is CCc1ccc(-n2c(SCc3ccno3)nc3ccccc3c2=O)cc1. The van der Waals surface area contributed by atoms with Crippen molar-refractivity contribution >= 4 is 22.7 Å². The largest absolute Gasteiger partial charge is 0.361 e. The molecule has 0 saturated heterocycles. The van der Waals surface area contributed by atoms with Crippen LogP contribution >= 0.6 is 11.8 Å². The third-order valence-electron chi connectivity index (χ3n) is 4.18. The van der Waals surface area contributed by atoms with Gasteiger partial charge in [0.15, 0.2) is 5.16 Å². The number of benzene rings is 2. The first-order chi connectivity index (χ1) is 12.8. The van der Waals surface area contributed by atoms with E-state index >= 15 is 0 Å². The summed E-state index contributed by atoms with van der Waals surface area (Å²) in [6, 6.07) is 17.3. The summed E-state index contributed by atoms with van der Waals surface area (Å²) < 4.78 is 6.83. The fraction of sp³-hybridized carbons (Fsp3) is 0.150. The van der Waals surface area contributed by atoms with Gasteiger partial charge in [-0.2, -0.15) is 0 Å². The van der Waals surface area contributed by atoms with Crippen molar-refractivity contribution in [1.82, 2.24) is 14.7 Å². The summed E-state index contributed by atoms with van der Waals surface area (Å²) in [7, 11) is 0. The van der Waals surface area contributed by atoms with Crippen molar-refractivity contribution in [2.45, 2.75) is 24.3 Å². The molecule has 2 heterocycles. The summed E-state index contributed by atoms with van der Waals surface area (Å²) in [6.07, 6.45) is 2.57. The van der Waals surface area contributed by atoms with Crippen molar-refractivity contribution < 1.29 is 4.52 Å². The molecular weight excluding hydrogens is 346 g/mol. The molecule has 6 heteroatoms. The van der Waals surface area contributed by atoms with E-state index in [0.717, 1.165) is 17.9 Å². The standard InChI is InChI=1S/C20H17N3O2S/c1-2-14-7-9-15(10-8-14)23-19(24)17-5-3-4-6-18(17)22-20(23)26-13-16-11-12-21-25-16/h3-12H,2,13H2,1H3. The Balaban J connectivity index is 1.85. The summed E-state index contributed by atoms with van der Waals surface area (Å²) >= 11 is 1.46. The van der Waals surface area contributed by atoms with Gasteiger partial charge in [0.1, 0.15) is 5.76 Å². The van der Waals surface area contributed by atoms with Gasteiger partial charge in [0.25, 0.3) is 5.56 Å². The van der Waals surface area contributed by atoms with Crippen molar-refractivity contribution in [1.29, 1.82) is 0 Å². The fourth-order valence-electron chi connectivity index (χ4n) is 2.77. The number of thioether (sulfide) groups is 1. The molecule has 0 radical (unpaired) electrons. The van der Waals surface area contributed by atoms with Crippen LogP contribution in [0.1, 0.15) is 18.2 Å². The van der Waals surface area contributed by atoms with Crippen LogP contribution in [0.25, 0.3) is 16.6 Å². The predicted octanol–water partition coefficient (Wildman–Crippen LogP) is 4.23. The number of hydrogen-bond donors (Lipinski definition) is 0. The molecule has 0 aliphatic heterocycles. The Hall–Kier alpha value is -2.86. The van der Waals surface area contributed by atoms with E-state index in [-0.39, 0.29) is 5.56 Å². The molecule has 26 heavy (non-hydrogen) atoms. The minimum atomic E-state index is -0.0695. The molecule has 2 aromatic carbocycles. The lowest BCUT2D eigenvalue weighted by molar-refractivity contribution is 0.395. The number of aromatic nitrogens is 3. The normalized spacial score (nSPS) is 11.1. The molecular formula is C20H17N3O2S. The molecule has 0 fully saturated rings. The minimum absolute atomic E-state index is 0.0695. The monoisotopic (exact) mass is 363 g/mol. The smallest absolute Gasteiger partial charge is 0.266 e. The van der Waals surface area contributed by atoms with E-state index in [0.29, 0.717) is 21.8 Å². The van der Waals surface area contributed by atoms with E-state index < -0.39 is 0 Å². The van der Waals surface area contributed by atoms with E-state index in [4.69, 9.17) is 9.51 Å². The first-order valence-electron chi connectivity index (χ1n) is 8.39. The summed E-state index contributed by atoms with van der Waals surface area (Å²) in [5.41, 5.74) is 2.66. The maximum absolute atomic E-state index is 13.1. The number of aryl methyl sites for hydroxylation is 1. The van der Waals surface area contributed by atoms with Crippen molar-refractivity contribution in [2.24, 2.45) is 0 Å². The van der Waals surface area contributed by atoms with Gasteiger partial charge in [0.05, 0.1) is 28.5 Å². The van der Waals surface area contributed by atoms with Gasteiger partial charge in [-0.25, -0.2) is 4.98 Å². The van der Waals surface area contributed by atoms with Gasteiger partial charge in [-0.05, 0) is 36.2 Å². The molecule has 5 nitrogen and oxygen atoms in total. The van der Waals surface area contributed by atoms with Gasteiger partial charge in [-0.3, -0.25) is 9.36 Å². The van der Waals surface area contributed by atoms with Crippen LogP contribution in [0.5, 0.6) is 0 Å². The van der Waals surface area contributed by atoms with Crippen molar-refractivity contribution in [3.05, 3.63) is 82.5 Å². The summed E-state index contributed by atoms with van der Waals surface area (Å²) in [4.78, 5) is 17.9. The average molecular weight is 363 g/mol. The second kappa shape index (κ2) is 7.17. The van der Waals surface area contributed by atoms with Crippen molar-refractivity contribution in [2.75, 3.05) is 0 Å². The van der Waals surface area contributed by atoms with E-state index in [2.05, 4.69) is 12.1 Å². The van der Waals surface area contributed by atoms with Crippen LogP contribution in [-0.2, 0) is 12.2 Å². The molecule has 0 atom stereocenters. The van der Waals surface area contributed by atoms with Crippen LogP contribution in [0, 0.1) is 0 Å². The highest BCUT2D eigenvalue weighted by atomic mass is 32.2. The van der Waals surface area contributed by atoms with Gasteiger partial charge < -0.3 is 4.52 Å². The molecule has 0 spiro atoms. The second-order valence-corrected chi connectivity index (χ2v) is 6.78. The molecule has 4 aromatic rings. The molecule has 0 aliphatic carbocycles. The van der Waals surface area contributed by atoms with Gasteiger partial charge in [0, 0.05) is 6.07 Å². The molecule has 2 aromatic heterocycles. The molecule has 130 valence electrons. The van der Waals surface area contributed by atoms with E-state index in [9.17, 15) is 4.79 Å². The first-order valence-corrected chi connectivity index (χ1v) is 9.38. The summed E-state index contributed by atoms with van der Waals surface area (Å²) in [5.74, 6) is 1.29. The topological polar surface area (TPSA) is 60.9 Å². The number of nitrogens with zero attached hydrogens (tertiary/aromatic N) is 3. The average Bonchev–Trinajstić information content (AvgIpc) is 3.20. The lowest BCUT2D eigenvalue weighted by Gasteiger charge is -2.13. The Morgan fingerprint density at radius 2 is 1.88 bits per heavy atom. The molecule has 0 aliphatic rings. The van der Waals surface area contributed by atoms with Gasteiger partial charge in [-0.1, -0.05) is 48.1 Å². The predicted molar refractivity (Wildman–Crippen MR) is 103 cm³/mol. The zero-order valence-electron chi connectivity index (χ0n) is 14.3. The van der Waals surface area contributed by atoms with Crippen molar-refractivity contribution in [3.8, 4) is 5.69 Å². The van der Waals surface area contributed by atoms with Gasteiger partial charge in [-0.15, -0.1) is 0 Å². The van der Waals surface area contributed by atoms with Gasteiger partial charge in [0.2, 0.25) is 0 Å². The van der Waals surface area contributed by atoms with E-state index in [1.54, 1.807) is 10.8 Å². The Morgan fingerprint density at radius 3 is 2.62 bits per heavy atom. The van der Waals surface area contributed by atoms with E-state index in [1.807, 2.05) is 54.6 Å². The summed E-state index contributed by atoms with van der Waals surface area (Å²) in [6.45, 7) is 2.11. The Morgan fingerprint density at radius 1 is 1.08 bits per heavy atom. The lowest BCUT2D eigenvalue weighted by atomic mass is 10.1. The van der Waals surface area contributed by atoms with Crippen LogP contribution in [-0.4, -0.2) is 14.7 Å². The minimum Gasteiger partial charge on any atom is -0.361 e. The highest BCUT2D eigenvalue weighted by Crippen LogP contribution is 2.24. The zero-order valence-corrected chi connectivity index (χ0v) is 15.1. The van der Waals surface area contributed by atoms with Gasteiger partial charge >= 0.3 is 0 Å². The fourth-order valence-corrected chi connectivity index (χ4v) is 3.67. The molecule has 4 rings (SSSR count). The molecule has 0 amide bonds. The van der Waals surface area contributed by atoms with Crippen LogP contribution in [0.2, 0.25) is 0 Å². The Labute approximate surface area is 154 Å². The maximum Gasteiger partial charge on any atom is 0.266 e. The zero-order chi connectivity index (χ0) is 17.9. The van der Waals surface area contributed by atoms with Crippen LogP contribution < -0.4 is 5.56 Å². The first kappa shape index (κ1) is 16.6. The van der Waals surface area contributed by atoms with Crippen LogP contribution in [0.15, 0.2) is 75.3 Å². The third kappa shape index (κ3) is 3.15. The van der Waals surface area contributed by atoms with Crippen LogP contribution in [0.3, 0.4) is 0 Å². The number of fused-ring (bicyclic) bond motifs is 1. The molecule has 0 saturated carbocycles. The second-order valence-electron chi connectivity index (χ2n) is 5.84. The maximum atomic E-state index is 13.1. The van der Waals surface area contributed by atoms with Crippen molar-refractivity contribution in [3.63, 3.8) is 0 Å². The lowest BCUT2D eigenvalue weighted by Crippen LogP contribution is -2.21. The quantitative estimate of drug-likeness (QED) is 0.392. The molecule has 0 unspecified atom stereocenters. The highest BCUT2D eigenvalue weighted by Gasteiger charge is 2.14. The Kier molecular flexibility index (Phi) is 4.58. The number of hydrogen-bond acceptors (Lipinski definition) is 5. The third-order valence-corrected chi connectivity index (χ3v) is 5.14. The van der Waals surface area contributed by atoms with E-state index in [1.165, 1.54) is 17.3 Å². The Bertz CT molecular complexity index is 1090. The highest BCUT2D eigenvalue weighted by molar-refractivity contribution is 7.98. The van der Waals surface area contributed by atoms with Crippen LogP contribution in [0.4, 0.5) is 0 Å². The molecule has 0 N–H and O–H groups in total.